The summed E-state index contributed by atoms with van der Waals surface area (Å²) in [4.78, 5) is 9.77. The standard InChI is InChI=1S/C16H25ClN4/c1-2-7-18-16-6-5-14(17)15(19-16)12-20-8-10-21(11-9-20)13-3-4-13/h5-6,13H,2-4,7-12H2,1H3,(H,18,19). The van der Waals surface area contributed by atoms with Gasteiger partial charge >= 0.3 is 0 Å². The van der Waals surface area contributed by atoms with E-state index in [9.17, 15) is 0 Å². The van der Waals surface area contributed by atoms with Gasteiger partial charge in [-0.15, -0.1) is 0 Å². The second kappa shape index (κ2) is 6.95. The van der Waals surface area contributed by atoms with Crippen LogP contribution in [0.25, 0.3) is 0 Å². The molecule has 3 rings (SSSR count). The molecule has 2 fully saturated rings. The third-order valence-electron chi connectivity index (χ3n) is 4.32. The van der Waals surface area contributed by atoms with Crippen LogP contribution in [0.2, 0.25) is 5.02 Å². The van der Waals surface area contributed by atoms with Gasteiger partial charge in [-0.25, -0.2) is 4.98 Å². The molecule has 5 heteroatoms. The molecule has 0 amide bonds. The Balaban J connectivity index is 1.56. The summed E-state index contributed by atoms with van der Waals surface area (Å²) in [5.74, 6) is 0.938. The summed E-state index contributed by atoms with van der Waals surface area (Å²) in [6, 6.07) is 4.81. The zero-order valence-electron chi connectivity index (χ0n) is 12.8. The van der Waals surface area contributed by atoms with Gasteiger partial charge in [0.15, 0.2) is 0 Å². The fourth-order valence-corrected chi connectivity index (χ4v) is 3.05. The minimum absolute atomic E-state index is 0.779. The number of rotatable bonds is 6. The number of halogens is 1. The van der Waals surface area contributed by atoms with Gasteiger partial charge in [0, 0.05) is 45.3 Å². The van der Waals surface area contributed by atoms with Crippen molar-refractivity contribution in [1.29, 1.82) is 0 Å². The van der Waals surface area contributed by atoms with Crippen molar-refractivity contribution in [2.45, 2.75) is 38.8 Å². The summed E-state index contributed by atoms with van der Waals surface area (Å²) in [5, 5.41) is 4.11. The Morgan fingerprint density at radius 3 is 2.67 bits per heavy atom. The molecule has 0 atom stereocenters. The Bertz CT molecular complexity index is 467. The van der Waals surface area contributed by atoms with E-state index in [1.807, 2.05) is 12.1 Å². The largest absolute Gasteiger partial charge is 0.370 e. The van der Waals surface area contributed by atoms with Crippen molar-refractivity contribution < 1.29 is 0 Å². The predicted molar refractivity (Wildman–Crippen MR) is 87.9 cm³/mol. The SMILES string of the molecule is CCCNc1ccc(Cl)c(CN2CCN(C3CC3)CC2)n1. The molecule has 1 aromatic rings. The number of piperazine rings is 1. The van der Waals surface area contributed by atoms with Crippen molar-refractivity contribution in [3.05, 3.63) is 22.8 Å². The van der Waals surface area contributed by atoms with Crippen LogP contribution in [0.3, 0.4) is 0 Å². The molecule has 0 unspecified atom stereocenters. The lowest BCUT2D eigenvalue weighted by Gasteiger charge is -2.34. The molecule has 1 aromatic heterocycles. The van der Waals surface area contributed by atoms with Gasteiger partial charge in [0.2, 0.25) is 0 Å². The molecule has 0 radical (unpaired) electrons. The molecule has 4 nitrogen and oxygen atoms in total. The van der Waals surface area contributed by atoms with E-state index < -0.39 is 0 Å². The molecule has 2 aliphatic rings. The Morgan fingerprint density at radius 1 is 1.24 bits per heavy atom. The Labute approximate surface area is 132 Å². The van der Waals surface area contributed by atoms with E-state index >= 15 is 0 Å². The first-order chi connectivity index (χ1) is 10.3. The maximum atomic E-state index is 6.31. The van der Waals surface area contributed by atoms with Crippen LogP contribution in [0, 0.1) is 0 Å². The highest BCUT2D eigenvalue weighted by Crippen LogP contribution is 2.28. The fraction of sp³-hybridized carbons (Fsp3) is 0.688. The molecule has 1 saturated carbocycles. The van der Waals surface area contributed by atoms with Crippen molar-refractivity contribution in [3.63, 3.8) is 0 Å². The van der Waals surface area contributed by atoms with E-state index in [1.165, 1.54) is 25.9 Å². The predicted octanol–water partition coefficient (Wildman–Crippen LogP) is 2.84. The van der Waals surface area contributed by atoms with Crippen molar-refractivity contribution in [2.24, 2.45) is 0 Å². The number of hydrogen-bond acceptors (Lipinski definition) is 4. The number of nitrogens with zero attached hydrogens (tertiary/aromatic N) is 3. The zero-order valence-corrected chi connectivity index (χ0v) is 13.6. The second-order valence-corrected chi connectivity index (χ2v) is 6.50. The summed E-state index contributed by atoms with van der Waals surface area (Å²) in [7, 11) is 0. The molecule has 0 spiro atoms. The number of hydrogen-bond donors (Lipinski definition) is 1. The van der Waals surface area contributed by atoms with E-state index in [4.69, 9.17) is 11.6 Å². The molecule has 0 aromatic carbocycles. The van der Waals surface area contributed by atoms with Crippen LogP contribution >= 0.6 is 11.6 Å². The van der Waals surface area contributed by atoms with Crippen molar-refractivity contribution in [3.8, 4) is 0 Å². The van der Waals surface area contributed by atoms with Crippen molar-refractivity contribution >= 4 is 17.4 Å². The van der Waals surface area contributed by atoms with Crippen LogP contribution < -0.4 is 5.32 Å². The van der Waals surface area contributed by atoms with E-state index in [1.54, 1.807) is 0 Å². The lowest BCUT2D eigenvalue weighted by atomic mass is 10.2. The van der Waals surface area contributed by atoms with Gasteiger partial charge < -0.3 is 5.32 Å². The minimum Gasteiger partial charge on any atom is -0.370 e. The molecule has 116 valence electrons. The molecular formula is C16H25ClN4. The lowest BCUT2D eigenvalue weighted by molar-refractivity contribution is 0.120. The maximum absolute atomic E-state index is 6.31. The van der Waals surface area contributed by atoms with Gasteiger partial charge in [-0.05, 0) is 31.4 Å². The number of aromatic nitrogens is 1. The third-order valence-corrected chi connectivity index (χ3v) is 4.66. The summed E-state index contributed by atoms with van der Waals surface area (Å²) < 4.78 is 0. The van der Waals surface area contributed by atoms with Crippen LogP contribution in [-0.4, -0.2) is 53.5 Å². The molecule has 1 saturated heterocycles. The van der Waals surface area contributed by atoms with Crippen molar-refractivity contribution in [2.75, 3.05) is 38.0 Å². The van der Waals surface area contributed by atoms with Gasteiger partial charge in [-0.1, -0.05) is 18.5 Å². The molecule has 1 N–H and O–H groups in total. The summed E-state index contributed by atoms with van der Waals surface area (Å²) in [6.07, 6.45) is 3.90. The van der Waals surface area contributed by atoms with Crippen LogP contribution in [0.4, 0.5) is 5.82 Å². The molecule has 1 aliphatic carbocycles. The average molecular weight is 309 g/mol. The normalized spacial score (nSPS) is 20.7. The van der Waals surface area contributed by atoms with E-state index in [0.717, 1.165) is 55.2 Å². The fourth-order valence-electron chi connectivity index (χ4n) is 2.88. The topological polar surface area (TPSA) is 31.4 Å². The second-order valence-electron chi connectivity index (χ2n) is 6.10. The van der Waals surface area contributed by atoms with E-state index in [0.29, 0.717) is 0 Å². The average Bonchev–Trinajstić information content (AvgIpc) is 3.33. The highest BCUT2D eigenvalue weighted by molar-refractivity contribution is 6.31. The first-order valence-electron chi connectivity index (χ1n) is 8.12. The van der Waals surface area contributed by atoms with E-state index in [2.05, 4.69) is 27.0 Å². The lowest BCUT2D eigenvalue weighted by Crippen LogP contribution is -2.46. The van der Waals surface area contributed by atoms with Gasteiger partial charge in [0.1, 0.15) is 5.82 Å². The first kappa shape index (κ1) is 15.1. The zero-order chi connectivity index (χ0) is 14.7. The Morgan fingerprint density at radius 2 is 2.00 bits per heavy atom. The number of pyridine rings is 1. The summed E-state index contributed by atoms with van der Waals surface area (Å²) >= 11 is 6.31. The van der Waals surface area contributed by atoms with Crippen LogP contribution in [0.15, 0.2) is 12.1 Å². The Kier molecular flexibility index (Phi) is 4.99. The minimum atomic E-state index is 0.779. The molecule has 1 aliphatic heterocycles. The van der Waals surface area contributed by atoms with Gasteiger partial charge in [0.05, 0.1) is 10.7 Å². The van der Waals surface area contributed by atoms with Gasteiger partial charge in [-0.3, -0.25) is 9.80 Å². The molecule has 0 bridgehead atoms. The molecule has 2 heterocycles. The van der Waals surface area contributed by atoms with Gasteiger partial charge in [-0.2, -0.15) is 0 Å². The van der Waals surface area contributed by atoms with Gasteiger partial charge in [0.25, 0.3) is 0 Å². The number of anilines is 1. The highest BCUT2D eigenvalue weighted by atomic mass is 35.5. The van der Waals surface area contributed by atoms with Crippen LogP contribution in [-0.2, 0) is 6.54 Å². The highest BCUT2D eigenvalue weighted by Gasteiger charge is 2.31. The maximum Gasteiger partial charge on any atom is 0.126 e. The number of nitrogens with one attached hydrogen (secondary N) is 1. The monoisotopic (exact) mass is 308 g/mol. The Hall–Kier alpha value is -0.840. The smallest absolute Gasteiger partial charge is 0.126 e. The molecule has 21 heavy (non-hydrogen) atoms. The third kappa shape index (κ3) is 4.09. The quantitative estimate of drug-likeness (QED) is 0.875. The van der Waals surface area contributed by atoms with Crippen LogP contribution in [0.1, 0.15) is 31.9 Å². The molecular weight excluding hydrogens is 284 g/mol. The first-order valence-corrected chi connectivity index (χ1v) is 8.49. The summed E-state index contributed by atoms with van der Waals surface area (Å²) in [6.45, 7) is 8.60. The van der Waals surface area contributed by atoms with Crippen LogP contribution in [0.5, 0.6) is 0 Å². The van der Waals surface area contributed by atoms with Crippen molar-refractivity contribution in [1.82, 2.24) is 14.8 Å². The summed E-state index contributed by atoms with van der Waals surface area (Å²) in [5.41, 5.74) is 0.998. The van der Waals surface area contributed by atoms with E-state index in [-0.39, 0.29) is 0 Å².